The first-order valence-corrected chi connectivity index (χ1v) is 7.73. The molecule has 3 aromatic rings. The van der Waals surface area contributed by atoms with Crippen LogP contribution in [0.4, 0.5) is 0 Å². The fourth-order valence-electron chi connectivity index (χ4n) is 2.47. The molecule has 122 valence electrons. The highest BCUT2D eigenvalue weighted by Gasteiger charge is 2.08. The van der Waals surface area contributed by atoms with Crippen LogP contribution in [0.15, 0.2) is 59.4 Å². The van der Waals surface area contributed by atoms with Gasteiger partial charge in [-0.2, -0.15) is 0 Å². The molecule has 1 heterocycles. The van der Waals surface area contributed by atoms with Crippen LogP contribution in [0.2, 0.25) is 0 Å². The molecule has 0 bridgehead atoms. The summed E-state index contributed by atoms with van der Waals surface area (Å²) in [7, 11) is 0. The van der Waals surface area contributed by atoms with Crippen molar-refractivity contribution in [1.82, 2.24) is 10.3 Å². The Bertz CT molecular complexity index is 931. The van der Waals surface area contributed by atoms with Crippen molar-refractivity contribution < 1.29 is 9.53 Å². The van der Waals surface area contributed by atoms with Crippen LogP contribution < -0.4 is 15.6 Å². The first kappa shape index (κ1) is 15.8. The number of hydrogen-bond acceptors (Lipinski definition) is 3. The second-order valence-corrected chi connectivity index (χ2v) is 5.52. The van der Waals surface area contributed by atoms with Crippen molar-refractivity contribution in [2.24, 2.45) is 0 Å². The minimum atomic E-state index is -0.328. The lowest BCUT2D eigenvalue weighted by molar-refractivity contribution is 0.0942. The molecule has 2 N–H and O–H groups in total. The minimum absolute atomic E-state index is 0.245. The molecule has 3 rings (SSSR count). The molecule has 0 spiro atoms. The van der Waals surface area contributed by atoms with Gasteiger partial charge in [0.1, 0.15) is 18.1 Å². The third kappa shape index (κ3) is 3.63. The Morgan fingerprint density at radius 3 is 2.79 bits per heavy atom. The predicted molar refractivity (Wildman–Crippen MR) is 93.6 cm³/mol. The molecule has 1 amide bonds. The molecule has 0 aliphatic carbocycles. The molecule has 5 heteroatoms. The second kappa shape index (κ2) is 7.00. The lowest BCUT2D eigenvalue weighted by Gasteiger charge is -2.08. The van der Waals surface area contributed by atoms with E-state index in [-0.39, 0.29) is 17.2 Å². The van der Waals surface area contributed by atoms with Crippen LogP contribution in [0.3, 0.4) is 0 Å². The highest BCUT2D eigenvalue weighted by atomic mass is 16.5. The van der Waals surface area contributed by atoms with Crippen molar-refractivity contribution in [3.8, 4) is 5.75 Å². The van der Waals surface area contributed by atoms with E-state index in [1.165, 1.54) is 0 Å². The molecule has 0 saturated carbocycles. The van der Waals surface area contributed by atoms with Gasteiger partial charge in [0.2, 0.25) is 0 Å². The number of amides is 1. The van der Waals surface area contributed by atoms with Crippen LogP contribution in [-0.2, 0) is 0 Å². The van der Waals surface area contributed by atoms with E-state index in [0.29, 0.717) is 18.5 Å². The number of fused-ring (bicyclic) bond motifs is 1. The van der Waals surface area contributed by atoms with Gasteiger partial charge in [-0.25, -0.2) is 0 Å². The second-order valence-electron chi connectivity index (χ2n) is 5.52. The number of nitrogens with one attached hydrogen (secondary N) is 2. The SMILES string of the molecule is Cc1cccc(OCCNC(=O)c2cc3ccccc3c(=O)[nH]2)c1. The average molecular weight is 322 g/mol. The highest BCUT2D eigenvalue weighted by molar-refractivity contribution is 5.96. The first-order chi connectivity index (χ1) is 11.6. The molecule has 24 heavy (non-hydrogen) atoms. The van der Waals surface area contributed by atoms with Gasteiger partial charge in [-0.3, -0.25) is 9.59 Å². The number of benzene rings is 2. The van der Waals surface area contributed by atoms with Crippen molar-refractivity contribution in [1.29, 1.82) is 0 Å². The monoisotopic (exact) mass is 322 g/mol. The number of aromatic amines is 1. The van der Waals surface area contributed by atoms with Gasteiger partial charge in [-0.1, -0.05) is 30.3 Å². The highest BCUT2D eigenvalue weighted by Crippen LogP contribution is 2.12. The Morgan fingerprint density at radius 2 is 1.96 bits per heavy atom. The number of carbonyl (C=O) groups excluding carboxylic acids is 1. The van der Waals surface area contributed by atoms with Crippen molar-refractivity contribution >= 4 is 16.7 Å². The van der Waals surface area contributed by atoms with E-state index in [1.54, 1.807) is 18.2 Å². The Hall–Kier alpha value is -3.08. The van der Waals surface area contributed by atoms with Gasteiger partial charge in [-0.15, -0.1) is 0 Å². The predicted octanol–water partition coefficient (Wildman–Crippen LogP) is 2.65. The normalized spacial score (nSPS) is 10.5. The molecule has 0 saturated heterocycles. The van der Waals surface area contributed by atoms with Crippen LogP contribution in [0.5, 0.6) is 5.75 Å². The van der Waals surface area contributed by atoms with Gasteiger partial charge in [-0.05, 0) is 42.1 Å². The van der Waals surface area contributed by atoms with E-state index in [1.807, 2.05) is 43.3 Å². The van der Waals surface area contributed by atoms with Crippen LogP contribution >= 0.6 is 0 Å². The summed E-state index contributed by atoms with van der Waals surface area (Å²) in [4.78, 5) is 26.8. The van der Waals surface area contributed by atoms with Crippen LogP contribution in [0.25, 0.3) is 10.8 Å². The maximum atomic E-state index is 12.2. The number of ether oxygens (including phenoxy) is 1. The van der Waals surface area contributed by atoms with Gasteiger partial charge < -0.3 is 15.0 Å². The summed E-state index contributed by atoms with van der Waals surface area (Å²) in [6, 6.07) is 16.5. The van der Waals surface area contributed by atoms with Crippen molar-refractivity contribution in [2.75, 3.05) is 13.2 Å². The molecular formula is C19H18N2O3. The fourth-order valence-corrected chi connectivity index (χ4v) is 2.47. The van der Waals surface area contributed by atoms with Crippen LogP contribution in [0.1, 0.15) is 16.1 Å². The zero-order valence-electron chi connectivity index (χ0n) is 13.3. The first-order valence-electron chi connectivity index (χ1n) is 7.73. The molecule has 2 aromatic carbocycles. The molecule has 5 nitrogen and oxygen atoms in total. The Labute approximate surface area is 139 Å². The zero-order valence-corrected chi connectivity index (χ0v) is 13.3. The number of carbonyl (C=O) groups is 1. The maximum Gasteiger partial charge on any atom is 0.267 e. The summed E-state index contributed by atoms with van der Waals surface area (Å²) in [6.07, 6.45) is 0. The lowest BCUT2D eigenvalue weighted by Crippen LogP contribution is -2.30. The third-order valence-corrected chi connectivity index (χ3v) is 3.64. The van der Waals surface area contributed by atoms with Crippen molar-refractivity contribution in [2.45, 2.75) is 6.92 Å². The van der Waals surface area contributed by atoms with Crippen LogP contribution in [0, 0.1) is 6.92 Å². The molecule has 0 aliphatic heterocycles. The number of pyridine rings is 1. The van der Waals surface area contributed by atoms with E-state index in [0.717, 1.165) is 16.7 Å². The van der Waals surface area contributed by atoms with Crippen LogP contribution in [-0.4, -0.2) is 24.0 Å². The number of H-pyrrole nitrogens is 1. The van der Waals surface area contributed by atoms with E-state index < -0.39 is 0 Å². The van der Waals surface area contributed by atoms with Gasteiger partial charge in [0.25, 0.3) is 11.5 Å². The summed E-state index contributed by atoms with van der Waals surface area (Å²) in [5, 5.41) is 4.05. The third-order valence-electron chi connectivity index (χ3n) is 3.64. The van der Waals surface area contributed by atoms with Gasteiger partial charge in [0, 0.05) is 5.39 Å². The Morgan fingerprint density at radius 1 is 1.12 bits per heavy atom. The number of aryl methyl sites for hydroxylation is 1. The molecule has 0 radical (unpaired) electrons. The average Bonchev–Trinajstić information content (AvgIpc) is 2.58. The topological polar surface area (TPSA) is 71.2 Å². The quantitative estimate of drug-likeness (QED) is 0.709. The fraction of sp³-hybridized carbons (Fsp3) is 0.158. The van der Waals surface area contributed by atoms with E-state index in [2.05, 4.69) is 10.3 Å². The minimum Gasteiger partial charge on any atom is -0.492 e. The smallest absolute Gasteiger partial charge is 0.267 e. The van der Waals surface area contributed by atoms with Gasteiger partial charge >= 0.3 is 0 Å². The summed E-state index contributed by atoms with van der Waals surface area (Å²) < 4.78 is 5.58. The van der Waals surface area contributed by atoms with E-state index >= 15 is 0 Å². The number of rotatable bonds is 5. The van der Waals surface area contributed by atoms with Gasteiger partial charge in [0.15, 0.2) is 0 Å². The van der Waals surface area contributed by atoms with E-state index in [4.69, 9.17) is 4.74 Å². The largest absolute Gasteiger partial charge is 0.492 e. The number of aromatic nitrogens is 1. The summed E-state index contributed by atoms with van der Waals surface area (Å²) in [5.74, 6) is 0.439. The van der Waals surface area contributed by atoms with Gasteiger partial charge in [0.05, 0.1) is 6.54 Å². The Kier molecular flexibility index (Phi) is 4.61. The Balaban J connectivity index is 1.60. The molecule has 0 aliphatic rings. The van der Waals surface area contributed by atoms with Crippen molar-refractivity contribution in [3.63, 3.8) is 0 Å². The van der Waals surface area contributed by atoms with E-state index in [9.17, 15) is 9.59 Å². The lowest BCUT2D eigenvalue weighted by atomic mass is 10.1. The molecule has 0 fully saturated rings. The number of hydrogen-bond donors (Lipinski definition) is 2. The maximum absolute atomic E-state index is 12.2. The zero-order chi connectivity index (χ0) is 16.9. The summed E-state index contributed by atoms with van der Waals surface area (Å²) in [6.45, 7) is 2.69. The summed E-state index contributed by atoms with van der Waals surface area (Å²) >= 11 is 0. The van der Waals surface area contributed by atoms with Crippen molar-refractivity contribution in [3.05, 3.63) is 76.2 Å². The molecular weight excluding hydrogens is 304 g/mol. The molecule has 0 unspecified atom stereocenters. The molecule has 1 aromatic heterocycles. The summed E-state index contributed by atoms with van der Waals surface area (Å²) in [5.41, 5.74) is 1.09. The molecule has 0 atom stereocenters. The standard InChI is InChI=1S/C19H18N2O3/c1-13-5-4-7-15(11-13)24-10-9-20-19(23)17-12-14-6-2-3-8-16(14)18(22)21-17/h2-8,11-12H,9-10H2,1H3,(H,20,23)(H,21,22).